The SMILES string of the molecule is CCCC(O)C=C=CS(=O)(=O)c1cccc2ccccc12. The molecule has 0 aliphatic heterocycles. The fourth-order valence-corrected chi connectivity index (χ4v) is 3.27. The Morgan fingerprint density at radius 1 is 1.19 bits per heavy atom. The maximum Gasteiger partial charge on any atom is 0.207 e. The number of hydrogen-bond donors (Lipinski definition) is 1. The summed E-state index contributed by atoms with van der Waals surface area (Å²) in [5.41, 5.74) is 2.59. The molecule has 0 spiro atoms. The maximum absolute atomic E-state index is 12.4. The van der Waals surface area contributed by atoms with E-state index in [1.807, 2.05) is 31.2 Å². The van der Waals surface area contributed by atoms with E-state index in [-0.39, 0.29) is 4.90 Å². The van der Waals surface area contributed by atoms with E-state index in [0.717, 1.165) is 17.2 Å². The van der Waals surface area contributed by atoms with Crippen LogP contribution >= 0.6 is 0 Å². The highest BCUT2D eigenvalue weighted by Crippen LogP contribution is 2.24. The lowest BCUT2D eigenvalue weighted by molar-refractivity contribution is 0.212. The molecular formula is C17H18O3S. The van der Waals surface area contributed by atoms with E-state index in [9.17, 15) is 13.5 Å². The monoisotopic (exact) mass is 302 g/mol. The summed E-state index contributed by atoms with van der Waals surface area (Å²) in [6.07, 6.45) is 2.14. The molecule has 0 bridgehead atoms. The molecule has 0 aromatic heterocycles. The molecule has 0 aliphatic carbocycles. The molecule has 2 aromatic rings. The number of benzene rings is 2. The molecule has 0 radical (unpaired) electrons. The quantitative estimate of drug-likeness (QED) is 0.861. The van der Waals surface area contributed by atoms with Gasteiger partial charge in [0, 0.05) is 5.39 Å². The van der Waals surface area contributed by atoms with Gasteiger partial charge in [-0.3, -0.25) is 0 Å². The Bertz CT molecular complexity index is 779. The predicted molar refractivity (Wildman–Crippen MR) is 84.7 cm³/mol. The van der Waals surface area contributed by atoms with E-state index >= 15 is 0 Å². The van der Waals surface area contributed by atoms with Gasteiger partial charge in [-0.2, -0.15) is 0 Å². The van der Waals surface area contributed by atoms with E-state index in [1.54, 1.807) is 18.2 Å². The lowest BCUT2D eigenvalue weighted by atomic mass is 10.1. The second-order valence-electron chi connectivity index (χ2n) is 4.83. The van der Waals surface area contributed by atoms with Gasteiger partial charge in [0.05, 0.1) is 16.4 Å². The number of rotatable bonds is 5. The fraction of sp³-hybridized carbons (Fsp3) is 0.235. The molecule has 0 aliphatic rings. The van der Waals surface area contributed by atoms with Crippen LogP contribution in [-0.2, 0) is 9.84 Å². The molecule has 0 heterocycles. The van der Waals surface area contributed by atoms with Gasteiger partial charge in [-0.15, -0.1) is 5.73 Å². The molecule has 1 atom stereocenters. The molecule has 3 nitrogen and oxygen atoms in total. The lowest BCUT2D eigenvalue weighted by Crippen LogP contribution is -2.00. The predicted octanol–water partition coefficient (Wildman–Crippen LogP) is 3.44. The first-order valence-corrected chi connectivity index (χ1v) is 8.43. The zero-order chi connectivity index (χ0) is 15.3. The summed E-state index contributed by atoms with van der Waals surface area (Å²) in [6.45, 7) is 1.95. The van der Waals surface area contributed by atoms with Gasteiger partial charge in [0.15, 0.2) is 0 Å². The van der Waals surface area contributed by atoms with Crippen molar-refractivity contribution in [2.75, 3.05) is 0 Å². The van der Waals surface area contributed by atoms with Crippen molar-refractivity contribution in [3.05, 3.63) is 59.7 Å². The number of aliphatic hydroxyl groups excluding tert-OH is 1. The summed E-state index contributed by atoms with van der Waals surface area (Å²) in [5.74, 6) is 0. The molecule has 1 N–H and O–H groups in total. The van der Waals surface area contributed by atoms with E-state index < -0.39 is 15.9 Å². The van der Waals surface area contributed by atoms with Gasteiger partial charge in [-0.05, 0) is 23.9 Å². The summed E-state index contributed by atoms with van der Waals surface area (Å²) in [7, 11) is -3.58. The molecular weight excluding hydrogens is 284 g/mol. The van der Waals surface area contributed by atoms with Crippen molar-refractivity contribution < 1.29 is 13.5 Å². The van der Waals surface area contributed by atoms with Crippen LogP contribution in [0.5, 0.6) is 0 Å². The Morgan fingerprint density at radius 2 is 1.90 bits per heavy atom. The second-order valence-corrected chi connectivity index (χ2v) is 6.60. The summed E-state index contributed by atoms with van der Waals surface area (Å²) < 4.78 is 24.7. The van der Waals surface area contributed by atoms with Crippen LogP contribution in [0.15, 0.2) is 64.6 Å². The van der Waals surface area contributed by atoms with Gasteiger partial charge >= 0.3 is 0 Å². The van der Waals surface area contributed by atoms with Crippen LogP contribution in [0.25, 0.3) is 10.8 Å². The Labute approximate surface area is 125 Å². The zero-order valence-electron chi connectivity index (χ0n) is 11.9. The number of sulfone groups is 1. The lowest BCUT2D eigenvalue weighted by Gasteiger charge is -2.04. The molecule has 2 aromatic carbocycles. The molecule has 4 heteroatoms. The van der Waals surface area contributed by atoms with Gasteiger partial charge < -0.3 is 5.11 Å². The van der Waals surface area contributed by atoms with Crippen LogP contribution in [0.2, 0.25) is 0 Å². The van der Waals surface area contributed by atoms with E-state index in [0.29, 0.717) is 11.8 Å². The van der Waals surface area contributed by atoms with Gasteiger partial charge in [-0.1, -0.05) is 49.7 Å². The van der Waals surface area contributed by atoms with Crippen molar-refractivity contribution in [1.29, 1.82) is 0 Å². The third kappa shape index (κ3) is 3.82. The van der Waals surface area contributed by atoms with Crippen molar-refractivity contribution in [2.45, 2.75) is 30.8 Å². The highest BCUT2D eigenvalue weighted by molar-refractivity contribution is 7.94. The Hall–Kier alpha value is -1.87. The zero-order valence-corrected chi connectivity index (χ0v) is 12.7. The van der Waals surface area contributed by atoms with Crippen LogP contribution in [0.4, 0.5) is 0 Å². The first kappa shape index (κ1) is 15.5. The van der Waals surface area contributed by atoms with Crippen LogP contribution in [0.3, 0.4) is 0 Å². The smallest absolute Gasteiger partial charge is 0.207 e. The Morgan fingerprint density at radius 3 is 2.67 bits per heavy atom. The average Bonchev–Trinajstić information content (AvgIpc) is 2.46. The van der Waals surface area contributed by atoms with Crippen molar-refractivity contribution >= 4 is 20.6 Å². The third-order valence-corrected chi connectivity index (χ3v) is 4.57. The molecule has 2 rings (SSSR count). The number of aliphatic hydroxyl groups is 1. The molecule has 0 saturated heterocycles. The fourth-order valence-electron chi connectivity index (χ4n) is 2.13. The minimum atomic E-state index is -3.58. The van der Waals surface area contributed by atoms with Crippen molar-refractivity contribution in [1.82, 2.24) is 0 Å². The highest BCUT2D eigenvalue weighted by atomic mass is 32.2. The molecule has 1 unspecified atom stereocenters. The first-order chi connectivity index (χ1) is 10.0. The first-order valence-electron chi connectivity index (χ1n) is 6.88. The van der Waals surface area contributed by atoms with Gasteiger partial charge in [0.25, 0.3) is 0 Å². The van der Waals surface area contributed by atoms with Crippen molar-refractivity contribution in [3.8, 4) is 0 Å². The third-order valence-electron chi connectivity index (χ3n) is 3.15. The normalized spacial score (nSPS) is 12.7. The van der Waals surface area contributed by atoms with Crippen LogP contribution < -0.4 is 0 Å². The van der Waals surface area contributed by atoms with E-state index in [2.05, 4.69) is 5.73 Å². The Balaban J connectivity index is 2.41. The van der Waals surface area contributed by atoms with Crippen molar-refractivity contribution in [3.63, 3.8) is 0 Å². The van der Waals surface area contributed by atoms with Crippen LogP contribution in [0.1, 0.15) is 19.8 Å². The van der Waals surface area contributed by atoms with Crippen molar-refractivity contribution in [2.24, 2.45) is 0 Å². The van der Waals surface area contributed by atoms with Gasteiger partial charge in [0.1, 0.15) is 0 Å². The van der Waals surface area contributed by atoms with E-state index in [4.69, 9.17) is 0 Å². The minimum absolute atomic E-state index is 0.256. The molecule has 0 saturated carbocycles. The summed E-state index contributed by atoms with van der Waals surface area (Å²) >= 11 is 0. The largest absolute Gasteiger partial charge is 0.388 e. The topological polar surface area (TPSA) is 54.4 Å². The van der Waals surface area contributed by atoms with Gasteiger partial charge in [0.2, 0.25) is 9.84 Å². The molecule has 110 valence electrons. The number of fused-ring (bicyclic) bond motifs is 1. The number of hydrogen-bond acceptors (Lipinski definition) is 3. The standard InChI is InChI=1S/C17H18O3S/c1-2-7-15(18)10-6-13-21(19,20)17-12-5-9-14-8-3-4-11-16(14)17/h3-5,8-13,15,18H,2,7H2,1H3. The highest BCUT2D eigenvalue weighted by Gasteiger charge is 2.13. The van der Waals surface area contributed by atoms with Crippen LogP contribution in [-0.4, -0.2) is 19.6 Å². The molecule has 0 amide bonds. The van der Waals surface area contributed by atoms with E-state index in [1.165, 1.54) is 6.08 Å². The summed E-state index contributed by atoms with van der Waals surface area (Å²) in [6, 6.07) is 12.5. The Kier molecular flexibility index (Phi) is 4.97. The summed E-state index contributed by atoms with van der Waals surface area (Å²) in [5, 5.41) is 12.1. The second kappa shape index (κ2) is 6.72. The minimum Gasteiger partial charge on any atom is -0.388 e. The molecule has 0 fully saturated rings. The molecule has 21 heavy (non-hydrogen) atoms. The van der Waals surface area contributed by atoms with Crippen LogP contribution in [0, 0.1) is 0 Å². The maximum atomic E-state index is 12.4. The van der Waals surface area contributed by atoms with Gasteiger partial charge in [-0.25, -0.2) is 8.42 Å². The average molecular weight is 302 g/mol. The summed E-state index contributed by atoms with van der Waals surface area (Å²) in [4.78, 5) is 0.256.